The summed E-state index contributed by atoms with van der Waals surface area (Å²) in [5, 5.41) is 20.1. The number of ether oxygens (including phenoxy) is 2. The van der Waals surface area contributed by atoms with E-state index in [9.17, 15) is 15.3 Å². The molecule has 3 aromatic rings. The number of aromatic nitrogens is 1. The van der Waals surface area contributed by atoms with Gasteiger partial charge in [0.25, 0.3) is 5.56 Å². The van der Waals surface area contributed by atoms with Gasteiger partial charge in [0.2, 0.25) is 0 Å². The summed E-state index contributed by atoms with van der Waals surface area (Å²) >= 11 is 8.01. The van der Waals surface area contributed by atoms with Gasteiger partial charge in [-0.25, -0.2) is 0 Å². The van der Waals surface area contributed by atoms with Gasteiger partial charge >= 0.3 is 0 Å². The molecule has 1 aliphatic heterocycles. The highest BCUT2D eigenvalue weighted by Gasteiger charge is 2.34. The molecule has 1 aliphatic rings. The molecule has 170 valence electrons. The minimum atomic E-state index is -0.784. The first kappa shape index (κ1) is 23.8. The first-order valence-electron chi connectivity index (χ1n) is 9.79. The maximum absolute atomic E-state index is 13.4. The predicted octanol–water partition coefficient (Wildman–Crippen LogP) is 3.40. The van der Waals surface area contributed by atoms with Crippen molar-refractivity contribution in [3.63, 3.8) is 0 Å². The Labute approximate surface area is 215 Å². The molecule has 0 spiro atoms. The van der Waals surface area contributed by atoms with Crippen molar-refractivity contribution in [3.8, 4) is 23.6 Å². The average Bonchev–Trinajstić information content (AvgIpc) is 3.15. The number of nitriles is 2. The highest BCUT2D eigenvalue weighted by molar-refractivity contribution is 9.10. The second-order valence-corrected chi connectivity index (χ2v) is 10.1. The Hall–Kier alpha value is -3.31. The van der Waals surface area contributed by atoms with E-state index in [1.54, 1.807) is 37.5 Å². The van der Waals surface area contributed by atoms with Gasteiger partial charge in [-0.1, -0.05) is 31.9 Å². The van der Waals surface area contributed by atoms with Crippen LogP contribution in [0.3, 0.4) is 0 Å². The van der Waals surface area contributed by atoms with Crippen LogP contribution in [-0.2, 0) is 0 Å². The van der Waals surface area contributed by atoms with Crippen LogP contribution >= 0.6 is 43.2 Å². The number of fused-ring (bicyclic) bond motifs is 1. The largest absolute Gasteiger partial charge is 0.496 e. The topological polar surface area (TPSA) is 114 Å². The molecule has 2 heterocycles. The van der Waals surface area contributed by atoms with Crippen molar-refractivity contribution in [3.05, 3.63) is 81.6 Å². The molecular weight excluding hydrogens is 584 g/mol. The van der Waals surface area contributed by atoms with Crippen molar-refractivity contribution in [1.82, 2.24) is 4.57 Å². The fourth-order valence-corrected chi connectivity index (χ4v) is 5.73. The second kappa shape index (κ2) is 9.51. The molecule has 10 heteroatoms. The highest BCUT2D eigenvalue weighted by atomic mass is 79.9. The number of rotatable bonds is 4. The summed E-state index contributed by atoms with van der Waals surface area (Å²) in [7, 11) is 3.06. The smallest absolute Gasteiger partial charge is 0.274 e. The van der Waals surface area contributed by atoms with E-state index in [1.165, 1.54) is 11.7 Å². The molecule has 1 aromatic heterocycles. The van der Waals surface area contributed by atoms with Gasteiger partial charge < -0.3 is 15.2 Å². The van der Waals surface area contributed by atoms with Gasteiger partial charge in [0.15, 0.2) is 0 Å². The maximum Gasteiger partial charge on any atom is 0.274 e. The molecule has 2 aromatic carbocycles. The Morgan fingerprint density at radius 2 is 1.65 bits per heavy atom. The molecule has 7 nitrogen and oxygen atoms in total. The van der Waals surface area contributed by atoms with E-state index in [1.807, 2.05) is 12.1 Å². The van der Waals surface area contributed by atoms with Crippen LogP contribution < -0.4 is 30.0 Å². The number of allylic oxidation sites excluding steroid dienone is 1. The summed E-state index contributed by atoms with van der Waals surface area (Å²) in [6.45, 7) is 0. The molecule has 0 amide bonds. The zero-order valence-electron chi connectivity index (χ0n) is 17.9. The molecule has 0 unspecified atom stereocenters. The van der Waals surface area contributed by atoms with Crippen molar-refractivity contribution in [1.29, 1.82) is 10.5 Å². The number of hydrogen-bond acceptors (Lipinski definition) is 7. The van der Waals surface area contributed by atoms with Crippen molar-refractivity contribution >= 4 is 60.7 Å². The molecular formula is C24H16Br2N4O3S. The molecule has 0 saturated carbocycles. The zero-order valence-corrected chi connectivity index (χ0v) is 21.9. The van der Waals surface area contributed by atoms with Gasteiger partial charge in [-0.05, 0) is 42.5 Å². The lowest BCUT2D eigenvalue weighted by Crippen LogP contribution is -2.38. The molecule has 2 N–H and O–H groups in total. The minimum absolute atomic E-state index is 0.00867. The fraction of sp³-hybridized carbons (Fsp3) is 0.125. The summed E-state index contributed by atoms with van der Waals surface area (Å²) < 4.78 is 14.4. The standard InChI is InChI=1S/C24H16Br2N4O3S/c1-32-18-5-3-13(25)7-12(18)8-20-23(31)30-22(29)16(10-27)21(17(11-28)24(30)34-20)15-9-14(26)4-6-19(15)33-2/h3-9,21H,29H2,1-2H3/b20-8-/t21-/m0/s1. The molecule has 0 fully saturated rings. The molecule has 1 atom stereocenters. The third kappa shape index (κ3) is 3.94. The number of thiazole rings is 1. The van der Waals surface area contributed by atoms with Crippen molar-refractivity contribution in [2.45, 2.75) is 5.92 Å². The molecule has 0 bridgehead atoms. The maximum atomic E-state index is 13.4. The lowest BCUT2D eigenvalue weighted by molar-refractivity contribution is 0.409. The summed E-state index contributed by atoms with van der Waals surface area (Å²) in [5.74, 6) is 0.292. The van der Waals surface area contributed by atoms with Gasteiger partial charge in [-0.15, -0.1) is 11.3 Å². The van der Waals surface area contributed by atoms with Crippen LogP contribution in [0.1, 0.15) is 17.0 Å². The number of hydrogen-bond donors (Lipinski definition) is 1. The number of halogens is 2. The Morgan fingerprint density at radius 1 is 1.03 bits per heavy atom. The Morgan fingerprint density at radius 3 is 2.26 bits per heavy atom. The zero-order chi connectivity index (χ0) is 24.6. The monoisotopic (exact) mass is 598 g/mol. The van der Waals surface area contributed by atoms with E-state index in [-0.39, 0.29) is 17.0 Å². The summed E-state index contributed by atoms with van der Waals surface area (Å²) in [4.78, 5) is 13.4. The SMILES string of the molecule is COc1ccc(Br)cc1/C=c1\sc2n(c1=O)C(N)=C(C#N)[C@H](c1cc(Br)ccc1OC)C=2C#N. The summed E-state index contributed by atoms with van der Waals surface area (Å²) in [5.41, 5.74) is 7.57. The van der Waals surface area contributed by atoms with Gasteiger partial charge in [-0.2, -0.15) is 10.5 Å². The molecule has 0 radical (unpaired) electrons. The molecule has 0 aliphatic carbocycles. The number of methoxy groups -OCH3 is 2. The first-order chi connectivity index (χ1) is 16.3. The van der Waals surface area contributed by atoms with Crippen LogP contribution in [-0.4, -0.2) is 18.8 Å². The highest BCUT2D eigenvalue weighted by Crippen LogP contribution is 2.41. The van der Waals surface area contributed by atoms with Crippen LogP contribution in [0.2, 0.25) is 0 Å². The van der Waals surface area contributed by atoms with Gasteiger partial charge in [0.1, 0.15) is 22.0 Å². The van der Waals surface area contributed by atoms with Gasteiger partial charge in [0.05, 0.1) is 48.0 Å². The number of benzene rings is 2. The van der Waals surface area contributed by atoms with Crippen molar-refractivity contribution in [2.75, 3.05) is 14.2 Å². The van der Waals surface area contributed by atoms with E-state index in [0.29, 0.717) is 31.8 Å². The van der Waals surface area contributed by atoms with E-state index in [0.717, 1.165) is 20.3 Å². The van der Waals surface area contributed by atoms with Crippen LogP contribution in [0.5, 0.6) is 11.5 Å². The lowest BCUT2D eigenvalue weighted by atomic mass is 9.84. The van der Waals surface area contributed by atoms with Crippen LogP contribution in [0.25, 0.3) is 17.5 Å². The predicted molar refractivity (Wildman–Crippen MR) is 138 cm³/mol. The molecule has 4 rings (SSSR count). The lowest BCUT2D eigenvalue weighted by Gasteiger charge is -2.24. The number of nitrogens with two attached hydrogens (primary N) is 1. The quantitative estimate of drug-likeness (QED) is 0.492. The van der Waals surface area contributed by atoms with Crippen LogP contribution in [0.4, 0.5) is 0 Å². The van der Waals surface area contributed by atoms with Crippen LogP contribution in [0.15, 0.2) is 55.7 Å². The average molecular weight is 600 g/mol. The Kier molecular flexibility index (Phi) is 6.67. The van der Waals surface area contributed by atoms with E-state index >= 15 is 0 Å². The van der Waals surface area contributed by atoms with E-state index in [2.05, 4.69) is 44.0 Å². The van der Waals surface area contributed by atoms with E-state index < -0.39 is 11.5 Å². The van der Waals surface area contributed by atoms with Crippen molar-refractivity contribution in [2.24, 2.45) is 5.73 Å². The van der Waals surface area contributed by atoms with Gasteiger partial charge in [-0.3, -0.25) is 9.36 Å². The minimum Gasteiger partial charge on any atom is -0.496 e. The Balaban J connectivity index is 2.09. The normalized spacial score (nSPS) is 15.5. The summed E-state index contributed by atoms with van der Waals surface area (Å²) in [6.07, 6.45) is 1.69. The molecule has 34 heavy (non-hydrogen) atoms. The third-order valence-corrected chi connectivity index (χ3v) is 7.46. The van der Waals surface area contributed by atoms with Crippen molar-refractivity contribution < 1.29 is 9.47 Å². The second-order valence-electron chi connectivity index (χ2n) is 7.20. The first-order valence-corrected chi connectivity index (χ1v) is 12.2. The van der Waals surface area contributed by atoms with E-state index in [4.69, 9.17) is 15.2 Å². The third-order valence-electron chi connectivity index (χ3n) is 5.37. The van der Waals surface area contributed by atoms with Gasteiger partial charge in [0, 0.05) is 20.1 Å². The number of nitrogens with zero attached hydrogens (tertiary/aromatic N) is 3. The Bertz CT molecular complexity index is 1620. The molecule has 0 saturated heterocycles. The van der Waals surface area contributed by atoms with Crippen LogP contribution in [0, 0.1) is 22.7 Å². The fourth-order valence-electron chi connectivity index (χ4n) is 3.85. The summed E-state index contributed by atoms with van der Waals surface area (Å²) in [6, 6.07) is 15.1.